The zero-order valence-electron chi connectivity index (χ0n) is 6.40. The van der Waals surface area contributed by atoms with Gasteiger partial charge in [-0.1, -0.05) is 0 Å². The summed E-state index contributed by atoms with van der Waals surface area (Å²) >= 11 is 0. The number of nitrogens with two attached hydrogens (primary N) is 1. The zero-order valence-corrected chi connectivity index (χ0v) is 6.40. The number of esters is 1. The second-order valence-corrected chi connectivity index (χ2v) is 2.18. The predicted octanol–water partition coefficient (Wildman–Crippen LogP) is -0.650. The van der Waals surface area contributed by atoms with E-state index >= 15 is 0 Å². The Labute approximate surface area is 64.1 Å². The number of carbonyl (C=O) groups excluding carboxylic acids is 1. The number of carboxylic acid groups (broad SMARTS) is 1. The molecule has 0 fully saturated rings. The molecular formula is C6H11NO4. The molecule has 5 nitrogen and oxygen atoms in total. The van der Waals surface area contributed by atoms with Crippen LogP contribution in [0.15, 0.2) is 0 Å². The van der Waals surface area contributed by atoms with E-state index in [0.717, 1.165) is 0 Å². The highest BCUT2D eigenvalue weighted by atomic mass is 16.5. The molecule has 0 spiro atoms. The summed E-state index contributed by atoms with van der Waals surface area (Å²) in [5, 5.41) is 8.35. The molecule has 0 radical (unpaired) electrons. The maximum atomic E-state index is 10.3. The van der Waals surface area contributed by atoms with Gasteiger partial charge in [-0.2, -0.15) is 0 Å². The van der Waals surface area contributed by atoms with Crippen LogP contribution < -0.4 is 5.73 Å². The first-order chi connectivity index (χ1) is 4.95. The summed E-state index contributed by atoms with van der Waals surface area (Å²) in [5.41, 5.74) is 5.13. The van der Waals surface area contributed by atoms with E-state index in [-0.39, 0.29) is 0 Å². The van der Waals surface area contributed by atoms with E-state index < -0.39 is 24.1 Å². The predicted molar refractivity (Wildman–Crippen MR) is 36.8 cm³/mol. The van der Waals surface area contributed by atoms with Crippen molar-refractivity contribution in [2.75, 3.05) is 0 Å². The molecule has 2 atom stereocenters. The lowest BCUT2D eigenvalue weighted by Crippen LogP contribution is -2.42. The lowest BCUT2D eigenvalue weighted by molar-refractivity contribution is -0.151. The SMILES string of the molecule is CC(=O)O[C@H](C)[C@H](N)C(=O)O. The van der Waals surface area contributed by atoms with E-state index in [2.05, 4.69) is 4.74 Å². The molecule has 11 heavy (non-hydrogen) atoms. The molecule has 0 aromatic carbocycles. The van der Waals surface area contributed by atoms with Crippen molar-refractivity contribution in [3.8, 4) is 0 Å². The molecule has 0 saturated heterocycles. The molecular weight excluding hydrogens is 150 g/mol. The van der Waals surface area contributed by atoms with E-state index in [1.54, 1.807) is 0 Å². The van der Waals surface area contributed by atoms with Crippen molar-refractivity contribution in [3.05, 3.63) is 0 Å². The van der Waals surface area contributed by atoms with Gasteiger partial charge < -0.3 is 15.6 Å². The van der Waals surface area contributed by atoms with Gasteiger partial charge in [-0.05, 0) is 6.92 Å². The highest BCUT2D eigenvalue weighted by Crippen LogP contribution is 1.96. The molecule has 0 rings (SSSR count). The third-order valence-corrected chi connectivity index (χ3v) is 1.14. The van der Waals surface area contributed by atoms with Crippen LogP contribution in [0.3, 0.4) is 0 Å². The monoisotopic (exact) mass is 161 g/mol. The van der Waals surface area contributed by atoms with Crippen LogP contribution in [0.2, 0.25) is 0 Å². The van der Waals surface area contributed by atoms with E-state index in [9.17, 15) is 9.59 Å². The topological polar surface area (TPSA) is 89.6 Å². The first-order valence-corrected chi connectivity index (χ1v) is 3.10. The van der Waals surface area contributed by atoms with E-state index in [1.165, 1.54) is 13.8 Å². The van der Waals surface area contributed by atoms with Crippen LogP contribution in [0.25, 0.3) is 0 Å². The van der Waals surface area contributed by atoms with Gasteiger partial charge in [0.2, 0.25) is 0 Å². The molecule has 3 N–H and O–H groups in total. The Bertz CT molecular complexity index is 168. The molecule has 0 unspecified atom stereocenters. The number of hydrogen-bond acceptors (Lipinski definition) is 4. The van der Waals surface area contributed by atoms with Gasteiger partial charge in [0.25, 0.3) is 0 Å². The smallest absolute Gasteiger partial charge is 0.324 e. The average Bonchev–Trinajstić information content (AvgIpc) is 1.84. The average molecular weight is 161 g/mol. The fourth-order valence-corrected chi connectivity index (χ4v) is 0.536. The second-order valence-electron chi connectivity index (χ2n) is 2.18. The van der Waals surface area contributed by atoms with Crippen LogP contribution in [0.4, 0.5) is 0 Å². The molecule has 0 aliphatic carbocycles. The standard InChI is InChI=1S/C6H11NO4/c1-3(11-4(2)8)5(7)6(9)10/h3,5H,7H2,1-2H3,(H,9,10)/t3-,5+/m1/s1. The maximum Gasteiger partial charge on any atom is 0.324 e. The van der Waals surface area contributed by atoms with Crippen LogP contribution in [0, 0.1) is 0 Å². The minimum Gasteiger partial charge on any atom is -0.480 e. The Morgan fingerprint density at radius 3 is 2.27 bits per heavy atom. The minimum atomic E-state index is -1.18. The number of ether oxygens (including phenoxy) is 1. The number of rotatable bonds is 3. The van der Waals surface area contributed by atoms with Crippen molar-refractivity contribution < 1.29 is 19.4 Å². The molecule has 5 heteroatoms. The van der Waals surface area contributed by atoms with Crippen LogP contribution in [0.1, 0.15) is 13.8 Å². The Morgan fingerprint density at radius 1 is 1.55 bits per heavy atom. The number of hydrogen-bond donors (Lipinski definition) is 2. The summed E-state index contributed by atoms with van der Waals surface area (Å²) in [6.45, 7) is 2.63. The number of carbonyl (C=O) groups is 2. The van der Waals surface area contributed by atoms with Gasteiger partial charge in [0.15, 0.2) is 0 Å². The zero-order chi connectivity index (χ0) is 9.02. The molecule has 0 aliphatic heterocycles. The van der Waals surface area contributed by atoms with Crippen molar-refractivity contribution in [1.82, 2.24) is 0 Å². The highest BCUT2D eigenvalue weighted by Gasteiger charge is 2.21. The Balaban J connectivity index is 3.92. The number of aliphatic carboxylic acids is 1. The highest BCUT2D eigenvalue weighted by molar-refractivity contribution is 5.74. The Kier molecular flexibility index (Phi) is 3.53. The summed E-state index contributed by atoms with van der Waals surface area (Å²) in [7, 11) is 0. The van der Waals surface area contributed by atoms with E-state index in [4.69, 9.17) is 10.8 Å². The summed E-state index contributed by atoms with van der Waals surface area (Å²) < 4.78 is 4.53. The summed E-state index contributed by atoms with van der Waals surface area (Å²) in [4.78, 5) is 20.5. The molecule has 0 aromatic heterocycles. The Morgan fingerprint density at radius 2 is 2.00 bits per heavy atom. The fraction of sp³-hybridized carbons (Fsp3) is 0.667. The van der Waals surface area contributed by atoms with Gasteiger partial charge in [0, 0.05) is 6.92 Å². The third kappa shape index (κ3) is 3.57. The maximum absolute atomic E-state index is 10.3. The van der Waals surface area contributed by atoms with Gasteiger partial charge in [-0.3, -0.25) is 9.59 Å². The van der Waals surface area contributed by atoms with Crippen LogP contribution in [-0.4, -0.2) is 29.2 Å². The normalized spacial score (nSPS) is 15.2. The summed E-state index contributed by atoms with van der Waals surface area (Å²) in [5.74, 6) is -1.71. The summed E-state index contributed by atoms with van der Waals surface area (Å²) in [6.07, 6.45) is -0.787. The van der Waals surface area contributed by atoms with Gasteiger partial charge in [-0.15, -0.1) is 0 Å². The van der Waals surface area contributed by atoms with E-state index in [1.807, 2.05) is 0 Å². The van der Waals surface area contributed by atoms with Crippen LogP contribution in [0.5, 0.6) is 0 Å². The van der Waals surface area contributed by atoms with Crippen LogP contribution >= 0.6 is 0 Å². The van der Waals surface area contributed by atoms with E-state index in [0.29, 0.717) is 0 Å². The van der Waals surface area contributed by atoms with Crippen molar-refractivity contribution in [1.29, 1.82) is 0 Å². The molecule has 0 aromatic rings. The van der Waals surface area contributed by atoms with Gasteiger partial charge in [0.1, 0.15) is 12.1 Å². The van der Waals surface area contributed by atoms with Gasteiger partial charge >= 0.3 is 11.9 Å². The van der Waals surface area contributed by atoms with Gasteiger partial charge in [-0.25, -0.2) is 0 Å². The van der Waals surface area contributed by atoms with Crippen molar-refractivity contribution in [2.45, 2.75) is 26.0 Å². The van der Waals surface area contributed by atoms with Crippen molar-refractivity contribution >= 4 is 11.9 Å². The fourth-order valence-electron chi connectivity index (χ4n) is 0.536. The third-order valence-electron chi connectivity index (χ3n) is 1.14. The molecule has 0 amide bonds. The summed E-state index contributed by atoms with van der Waals surface area (Å²) in [6, 6.07) is -1.15. The van der Waals surface area contributed by atoms with Gasteiger partial charge in [0.05, 0.1) is 0 Å². The Hall–Kier alpha value is -1.10. The van der Waals surface area contributed by atoms with Crippen molar-refractivity contribution in [3.63, 3.8) is 0 Å². The lowest BCUT2D eigenvalue weighted by Gasteiger charge is -2.14. The van der Waals surface area contributed by atoms with Crippen molar-refractivity contribution in [2.24, 2.45) is 5.73 Å². The molecule has 64 valence electrons. The first kappa shape index (κ1) is 9.90. The quantitative estimate of drug-likeness (QED) is 0.537. The number of carboxylic acids is 1. The minimum absolute atomic E-state index is 0.533. The lowest BCUT2D eigenvalue weighted by atomic mass is 10.2. The largest absolute Gasteiger partial charge is 0.480 e. The second kappa shape index (κ2) is 3.92. The first-order valence-electron chi connectivity index (χ1n) is 3.10. The molecule has 0 heterocycles. The van der Waals surface area contributed by atoms with Crippen LogP contribution in [-0.2, 0) is 14.3 Å². The molecule has 0 bridgehead atoms. The molecule has 0 saturated carbocycles. The molecule has 0 aliphatic rings.